The zero-order chi connectivity index (χ0) is 12.3. The van der Waals surface area contributed by atoms with Gasteiger partial charge in [0.15, 0.2) is 0 Å². The van der Waals surface area contributed by atoms with Crippen LogP contribution in [0.5, 0.6) is 0 Å². The summed E-state index contributed by atoms with van der Waals surface area (Å²) in [5, 5.41) is 3.38. The van der Waals surface area contributed by atoms with E-state index in [0.717, 1.165) is 26.1 Å². The zero-order valence-corrected chi connectivity index (χ0v) is 11.7. The van der Waals surface area contributed by atoms with Crippen LogP contribution in [0, 0.1) is 0 Å². The Labute approximate surface area is 107 Å². The first-order valence-electron chi connectivity index (χ1n) is 7.41. The highest BCUT2D eigenvalue weighted by Crippen LogP contribution is 2.09. The second-order valence-corrected chi connectivity index (χ2v) is 4.97. The monoisotopic (exact) mass is 242 g/mol. The van der Waals surface area contributed by atoms with Crippen molar-refractivity contribution in [2.45, 2.75) is 52.1 Å². The van der Waals surface area contributed by atoms with E-state index in [4.69, 9.17) is 4.74 Å². The highest BCUT2D eigenvalue weighted by molar-refractivity contribution is 4.69. The molecule has 3 heteroatoms. The number of hydrogen-bond acceptors (Lipinski definition) is 3. The maximum Gasteiger partial charge on any atom is 0.0699 e. The summed E-state index contributed by atoms with van der Waals surface area (Å²) in [7, 11) is 0. The summed E-state index contributed by atoms with van der Waals surface area (Å²) in [4.78, 5) is 2.59. The molecule has 0 amide bonds. The predicted molar refractivity (Wildman–Crippen MR) is 73.5 cm³/mol. The minimum Gasteiger partial charge on any atom is -0.377 e. The largest absolute Gasteiger partial charge is 0.377 e. The lowest BCUT2D eigenvalue weighted by atomic mass is 10.2. The quantitative estimate of drug-likeness (QED) is 0.661. The van der Waals surface area contributed by atoms with Gasteiger partial charge >= 0.3 is 0 Å². The van der Waals surface area contributed by atoms with Gasteiger partial charge in [-0.2, -0.15) is 0 Å². The van der Waals surface area contributed by atoms with Crippen LogP contribution in [0.15, 0.2) is 0 Å². The highest BCUT2D eigenvalue weighted by atomic mass is 16.5. The van der Waals surface area contributed by atoms with Crippen LogP contribution in [0.4, 0.5) is 0 Å². The molecule has 1 heterocycles. The number of rotatable bonds is 8. The lowest BCUT2D eigenvalue weighted by Crippen LogP contribution is -2.32. The van der Waals surface area contributed by atoms with Gasteiger partial charge < -0.3 is 15.0 Å². The first-order valence-corrected chi connectivity index (χ1v) is 7.41. The Morgan fingerprint density at radius 3 is 2.88 bits per heavy atom. The van der Waals surface area contributed by atoms with Gasteiger partial charge in [-0.05, 0) is 45.3 Å². The lowest BCUT2D eigenvalue weighted by Gasteiger charge is -2.22. The summed E-state index contributed by atoms with van der Waals surface area (Å²) in [6.07, 6.45) is 6.82. The van der Waals surface area contributed by atoms with Gasteiger partial charge in [0.05, 0.1) is 6.10 Å². The smallest absolute Gasteiger partial charge is 0.0699 e. The molecule has 1 saturated heterocycles. The normalized spacial score (nSPS) is 22.6. The fourth-order valence-corrected chi connectivity index (χ4v) is 2.36. The van der Waals surface area contributed by atoms with E-state index in [1.165, 1.54) is 45.3 Å². The molecule has 1 aliphatic heterocycles. The van der Waals surface area contributed by atoms with E-state index in [9.17, 15) is 0 Å². The summed E-state index contributed by atoms with van der Waals surface area (Å²) in [5.74, 6) is 0. The van der Waals surface area contributed by atoms with Crippen molar-refractivity contribution in [3.63, 3.8) is 0 Å². The molecule has 1 N–H and O–H groups in total. The first-order chi connectivity index (χ1) is 8.36. The van der Waals surface area contributed by atoms with Crippen LogP contribution in [0.25, 0.3) is 0 Å². The minimum atomic E-state index is 0.472. The SMILES string of the molecule is CCNCCCCCN1CCCOC(CC)C1. The van der Waals surface area contributed by atoms with Crippen LogP contribution in [0.3, 0.4) is 0 Å². The molecule has 1 atom stereocenters. The van der Waals surface area contributed by atoms with Gasteiger partial charge in [0.2, 0.25) is 0 Å². The van der Waals surface area contributed by atoms with E-state index in [2.05, 4.69) is 24.1 Å². The standard InChI is InChI=1S/C14H30N2O/c1-3-14-13-16(11-8-12-17-14)10-7-5-6-9-15-4-2/h14-15H,3-13H2,1-2H3. The Bertz CT molecular complexity index is 176. The van der Waals surface area contributed by atoms with Crippen molar-refractivity contribution in [1.29, 1.82) is 0 Å². The second-order valence-electron chi connectivity index (χ2n) is 4.97. The second kappa shape index (κ2) is 9.86. The highest BCUT2D eigenvalue weighted by Gasteiger charge is 2.16. The van der Waals surface area contributed by atoms with Gasteiger partial charge in [0.25, 0.3) is 0 Å². The molecule has 3 nitrogen and oxygen atoms in total. The molecule has 0 saturated carbocycles. The molecule has 1 fully saturated rings. The molecule has 17 heavy (non-hydrogen) atoms. The molecule has 0 spiro atoms. The molecule has 0 bridgehead atoms. The Balaban J connectivity index is 2.04. The third kappa shape index (κ3) is 7.02. The van der Waals surface area contributed by atoms with Crippen molar-refractivity contribution in [3.05, 3.63) is 0 Å². The molecule has 102 valence electrons. The van der Waals surface area contributed by atoms with Gasteiger partial charge in [0.1, 0.15) is 0 Å². The Morgan fingerprint density at radius 2 is 2.12 bits per heavy atom. The summed E-state index contributed by atoms with van der Waals surface area (Å²) < 4.78 is 5.79. The minimum absolute atomic E-state index is 0.472. The number of unbranched alkanes of at least 4 members (excludes halogenated alkanes) is 2. The van der Waals surface area contributed by atoms with Crippen LogP contribution in [-0.4, -0.2) is 50.3 Å². The fourth-order valence-electron chi connectivity index (χ4n) is 2.36. The van der Waals surface area contributed by atoms with Gasteiger partial charge in [-0.1, -0.05) is 20.3 Å². The molecule has 1 rings (SSSR count). The van der Waals surface area contributed by atoms with Gasteiger partial charge in [-0.25, -0.2) is 0 Å². The molecule has 0 aromatic heterocycles. The zero-order valence-electron chi connectivity index (χ0n) is 11.7. The Hall–Kier alpha value is -0.120. The number of nitrogens with zero attached hydrogens (tertiary/aromatic N) is 1. The molecule has 0 aromatic rings. The van der Waals surface area contributed by atoms with E-state index in [1.54, 1.807) is 0 Å². The van der Waals surface area contributed by atoms with Crippen molar-refractivity contribution < 1.29 is 4.74 Å². The summed E-state index contributed by atoms with van der Waals surface area (Å²) >= 11 is 0. The van der Waals surface area contributed by atoms with Crippen LogP contribution in [0.2, 0.25) is 0 Å². The predicted octanol–water partition coefficient (Wildman–Crippen LogP) is 2.27. The van der Waals surface area contributed by atoms with Gasteiger partial charge in [-0.15, -0.1) is 0 Å². The van der Waals surface area contributed by atoms with E-state index in [0.29, 0.717) is 6.10 Å². The van der Waals surface area contributed by atoms with Crippen molar-refractivity contribution in [2.75, 3.05) is 39.3 Å². The van der Waals surface area contributed by atoms with Crippen LogP contribution < -0.4 is 5.32 Å². The number of hydrogen-bond donors (Lipinski definition) is 1. The molecule has 0 aliphatic carbocycles. The maximum atomic E-state index is 5.79. The Morgan fingerprint density at radius 1 is 1.24 bits per heavy atom. The molecule has 0 radical (unpaired) electrons. The van der Waals surface area contributed by atoms with Crippen molar-refractivity contribution >= 4 is 0 Å². The van der Waals surface area contributed by atoms with Crippen molar-refractivity contribution in [2.24, 2.45) is 0 Å². The fraction of sp³-hybridized carbons (Fsp3) is 1.00. The number of nitrogens with one attached hydrogen (secondary N) is 1. The van der Waals surface area contributed by atoms with Gasteiger partial charge in [-0.3, -0.25) is 0 Å². The van der Waals surface area contributed by atoms with E-state index < -0.39 is 0 Å². The summed E-state index contributed by atoms with van der Waals surface area (Å²) in [5.41, 5.74) is 0. The molecular formula is C14H30N2O. The first kappa shape index (κ1) is 14.9. The van der Waals surface area contributed by atoms with Crippen molar-refractivity contribution in [1.82, 2.24) is 10.2 Å². The Kier molecular flexibility index (Phi) is 8.67. The molecule has 0 aromatic carbocycles. The molecule has 1 aliphatic rings. The van der Waals surface area contributed by atoms with Gasteiger partial charge in [0, 0.05) is 19.7 Å². The van der Waals surface area contributed by atoms with Crippen LogP contribution in [-0.2, 0) is 4.74 Å². The summed E-state index contributed by atoms with van der Waals surface area (Å²) in [6.45, 7) is 11.3. The average Bonchev–Trinajstić information content (AvgIpc) is 2.58. The average molecular weight is 242 g/mol. The van der Waals surface area contributed by atoms with Crippen LogP contribution in [0.1, 0.15) is 46.0 Å². The van der Waals surface area contributed by atoms with Crippen LogP contribution >= 0.6 is 0 Å². The topological polar surface area (TPSA) is 24.5 Å². The maximum absolute atomic E-state index is 5.79. The van der Waals surface area contributed by atoms with E-state index in [-0.39, 0.29) is 0 Å². The van der Waals surface area contributed by atoms with E-state index >= 15 is 0 Å². The third-order valence-corrected chi connectivity index (χ3v) is 3.47. The molecular weight excluding hydrogens is 212 g/mol. The number of ether oxygens (including phenoxy) is 1. The summed E-state index contributed by atoms with van der Waals surface area (Å²) in [6, 6.07) is 0. The van der Waals surface area contributed by atoms with E-state index in [1.807, 2.05) is 0 Å². The third-order valence-electron chi connectivity index (χ3n) is 3.47. The lowest BCUT2D eigenvalue weighted by molar-refractivity contribution is 0.0517. The van der Waals surface area contributed by atoms with Crippen molar-refractivity contribution in [3.8, 4) is 0 Å². The molecule has 1 unspecified atom stereocenters.